The van der Waals surface area contributed by atoms with Gasteiger partial charge in [0.05, 0.1) is 6.10 Å². The second-order valence-electron chi connectivity index (χ2n) is 4.71. The summed E-state index contributed by atoms with van der Waals surface area (Å²) in [6, 6.07) is 1.85. The van der Waals surface area contributed by atoms with Crippen LogP contribution in [0.2, 0.25) is 0 Å². The van der Waals surface area contributed by atoms with E-state index in [1.54, 1.807) is 13.8 Å². The molecule has 1 N–H and O–H groups in total. The topological polar surface area (TPSA) is 101 Å². The number of rotatable bonds is 6. The molecular weight excluding hydrogens is 324 g/mol. The van der Waals surface area contributed by atoms with Crippen molar-refractivity contribution < 1.29 is 32.6 Å². The van der Waals surface area contributed by atoms with Crippen molar-refractivity contribution in [3.8, 4) is 0 Å². The summed E-state index contributed by atoms with van der Waals surface area (Å²) in [4.78, 5) is 24.7. The second kappa shape index (κ2) is 9.16. The van der Waals surface area contributed by atoms with Gasteiger partial charge in [0.25, 0.3) is 0 Å². The Morgan fingerprint density at radius 3 is 2.50 bits per heavy atom. The van der Waals surface area contributed by atoms with E-state index in [1.165, 1.54) is 6.08 Å². The van der Waals surface area contributed by atoms with Gasteiger partial charge in [-0.25, -0.2) is 18.4 Å². The van der Waals surface area contributed by atoms with Crippen LogP contribution in [0, 0.1) is 11.6 Å². The van der Waals surface area contributed by atoms with E-state index in [0.717, 1.165) is 18.2 Å². The SMILES string of the molecule is CC(C)OC(=O)Nc1cc(F)c(C=CCOC(=O)C=[N+]=[N-])c(F)c1. The van der Waals surface area contributed by atoms with Crippen LogP contribution in [0.15, 0.2) is 18.2 Å². The highest BCUT2D eigenvalue weighted by Crippen LogP contribution is 2.20. The molecule has 0 aliphatic carbocycles. The lowest BCUT2D eigenvalue weighted by atomic mass is 10.1. The maximum absolute atomic E-state index is 13.9. The van der Waals surface area contributed by atoms with E-state index in [9.17, 15) is 18.4 Å². The second-order valence-corrected chi connectivity index (χ2v) is 4.71. The number of hydrogen-bond donors (Lipinski definition) is 1. The van der Waals surface area contributed by atoms with Gasteiger partial charge in [0.15, 0.2) is 0 Å². The Labute approximate surface area is 136 Å². The van der Waals surface area contributed by atoms with E-state index in [0.29, 0.717) is 6.21 Å². The Hall–Kier alpha value is -3.06. The van der Waals surface area contributed by atoms with Gasteiger partial charge in [-0.3, -0.25) is 5.32 Å². The van der Waals surface area contributed by atoms with E-state index < -0.39 is 23.7 Å². The summed E-state index contributed by atoms with van der Waals surface area (Å²) in [7, 11) is 0. The fourth-order valence-electron chi connectivity index (χ4n) is 1.56. The van der Waals surface area contributed by atoms with Gasteiger partial charge >= 0.3 is 18.3 Å². The number of carbonyl (C=O) groups excluding carboxylic acids is 2. The Kier molecular flexibility index (Phi) is 7.25. The van der Waals surface area contributed by atoms with Gasteiger partial charge in [0, 0.05) is 11.3 Å². The van der Waals surface area contributed by atoms with Crippen LogP contribution in [0.3, 0.4) is 0 Å². The molecule has 1 amide bonds. The summed E-state index contributed by atoms with van der Waals surface area (Å²) in [5, 5.41) is 2.21. The number of ether oxygens (including phenoxy) is 2. The Morgan fingerprint density at radius 2 is 1.96 bits per heavy atom. The Balaban J connectivity index is 2.75. The maximum Gasteiger partial charge on any atom is 0.413 e. The fraction of sp³-hybridized carbons (Fsp3) is 0.267. The number of halogens is 2. The molecule has 0 aromatic heterocycles. The highest BCUT2D eigenvalue weighted by molar-refractivity contribution is 6.20. The first-order chi connectivity index (χ1) is 11.3. The van der Waals surface area contributed by atoms with Gasteiger partial charge in [0.1, 0.15) is 18.2 Å². The third-order valence-electron chi connectivity index (χ3n) is 2.44. The largest absolute Gasteiger partial charge is 0.453 e. The average Bonchev–Trinajstić information content (AvgIpc) is 2.44. The van der Waals surface area contributed by atoms with Gasteiger partial charge in [-0.05, 0) is 38.1 Å². The van der Waals surface area contributed by atoms with Gasteiger partial charge < -0.3 is 15.0 Å². The molecule has 0 heterocycles. The normalized spacial score (nSPS) is 10.4. The minimum atomic E-state index is -0.922. The number of carbonyl (C=O) groups is 2. The third-order valence-corrected chi connectivity index (χ3v) is 2.44. The van der Waals surface area contributed by atoms with E-state index in [2.05, 4.69) is 14.8 Å². The zero-order valence-corrected chi connectivity index (χ0v) is 13.0. The highest BCUT2D eigenvalue weighted by Gasteiger charge is 2.12. The van der Waals surface area contributed by atoms with Gasteiger partial charge in [-0.1, -0.05) is 0 Å². The highest BCUT2D eigenvalue weighted by atomic mass is 19.1. The smallest absolute Gasteiger partial charge is 0.413 e. The molecule has 24 heavy (non-hydrogen) atoms. The first kappa shape index (κ1) is 19.0. The molecule has 0 spiro atoms. The van der Waals surface area contributed by atoms with Gasteiger partial charge in [-0.2, -0.15) is 4.79 Å². The molecule has 9 heteroatoms. The van der Waals surface area contributed by atoms with Crippen molar-refractivity contribution in [2.45, 2.75) is 20.0 Å². The first-order valence-electron chi connectivity index (χ1n) is 6.81. The van der Waals surface area contributed by atoms with Crippen LogP contribution in [0.25, 0.3) is 11.6 Å². The molecule has 1 aromatic carbocycles. The molecule has 0 saturated carbocycles. The summed E-state index contributed by atoms with van der Waals surface area (Å²) in [5.41, 5.74) is 7.62. The van der Waals surface area contributed by atoms with E-state index >= 15 is 0 Å². The van der Waals surface area contributed by atoms with Crippen molar-refractivity contribution in [3.05, 3.63) is 40.9 Å². The van der Waals surface area contributed by atoms with Crippen LogP contribution in [0.1, 0.15) is 19.4 Å². The lowest BCUT2D eigenvalue weighted by molar-refractivity contribution is -0.137. The number of hydrogen-bond acceptors (Lipinski definition) is 4. The Morgan fingerprint density at radius 1 is 1.33 bits per heavy atom. The molecule has 0 aliphatic heterocycles. The summed E-state index contributed by atoms with van der Waals surface area (Å²) in [6.45, 7) is 2.99. The predicted octanol–water partition coefficient (Wildman–Crippen LogP) is 2.78. The standard InChI is InChI=1S/C15H15F2N3O4/c1-9(2)24-15(22)20-10-6-12(16)11(13(17)7-10)4-3-5-23-14(21)8-19-18/h3-4,6-9H,5H2,1-2H3,(H,20,22). The van der Waals surface area contributed by atoms with Gasteiger partial charge in [0.2, 0.25) is 0 Å². The van der Waals surface area contributed by atoms with E-state index in [4.69, 9.17) is 10.3 Å². The maximum atomic E-state index is 13.9. The van der Waals surface area contributed by atoms with Crippen molar-refractivity contribution >= 4 is 30.0 Å². The monoisotopic (exact) mass is 339 g/mol. The minimum absolute atomic E-state index is 0.0987. The molecule has 0 saturated heterocycles. The van der Waals surface area contributed by atoms with Crippen molar-refractivity contribution in [2.24, 2.45) is 0 Å². The van der Waals surface area contributed by atoms with Crippen molar-refractivity contribution in [1.29, 1.82) is 0 Å². The molecule has 0 fully saturated rings. The quantitative estimate of drug-likeness (QED) is 0.373. The van der Waals surface area contributed by atoms with Gasteiger partial charge in [-0.15, -0.1) is 0 Å². The predicted molar refractivity (Wildman–Crippen MR) is 81.3 cm³/mol. The van der Waals surface area contributed by atoms with Crippen LogP contribution in [0.4, 0.5) is 19.3 Å². The number of nitrogens with one attached hydrogen (secondary N) is 1. The summed E-state index contributed by atoms with van der Waals surface area (Å²) < 4.78 is 37.1. The van der Waals surface area contributed by atoms with Crippen molar-refractivity contribution in [3.63, 3.8) is 0 Å². The van der Waals surface area contributed by atoms with Crippen LogP contribution < -0.4 is 5.32 Å². The number of benzene rings is 1. The molecule has 0 atom stereocenters. The lowest BCUT2D eigenvalue weighted by Crippen LogP contribution is -2.18. The fourth-order valence-corrected chi connectivity index (χ4v) is 1.56. The molecule has 1 rings (SSSR count). The summed E-state index contributed by atoms with van der Waals surface area (Å²) >= 11 is 0. The van der Waals surface area contributed by atoms with E-state index in [1.807, 2.05) is 0 Å². The zero-order chi connectivity index (χ0) is 18.1. The summed E-state index contributed by atoms with van der Waals surface area (Å²) in [5.74, 6) is -2.75. The zero-order valence-electron chi connectivity index (χ0n) is 13.0. The number of nitrogens with zero attached hydrogens (tertiary/aromatic N) is 2. The number of amides is 1. The third kappa shape index (κ3) is 6.37. The van der Waals surface area contributed by atoms with Crippen LogP contribution in [-0.4, -0.2) is 35.8 Å². The van der Waals surface area contributed by atoms with Crippen LogP contribution in [0.5, 0.6) is 0 Å². The molecule has 0 unspecified atom stereocenters. The van der Waals surface area contributed by atoms with E-state index in [-0.39, 0.29) is 24.0 Å². The number of anilines is 1. The summed E-state index contributed by atoms with van der Waals surface area (Å²) in [6.07, 6.45) is 1.60. The molecule has 0 aliphatic rings. The average molecular weight is 339 g/mol. The van der Waals surface area contributed by atoms with Crippen LogP contribution >= 0.6 is 0 Å². The number of esters is 1. The lowest BCUT2D eigenvalue weighted by Gasteiger charge is -2.10. The first-order valence-corrected chi connectivity index (χ1v) is 6.81. The molecule has 128 valence electrons. The van der Waals surface area contributed by atoms with Crippen molar-refractivity contribution in [2.75, 3.05) is 11.9 Å². The molecule has 1 aromatic rings. The minimum Gasteiger partial charge on any atom is -0.453 e. The Bertz CT molecular complexity index is 675. The van der Waals surface area contributed by atoms with Crippen LogP contribution in [-0.2, 0) is 14.3 Å². The molecular formula is C15H15F2N3O4. The molecule has 0 radical (unpaired) electrons. The van der Waals surface area contributed by atoms with Crippen molar-refractivity contribution in [1.82, 2.24) is 0 Å². The molecule has 0 bridgehead atoms. The molecule has 7 nitrogen and oxygen atoms in total.